The third-order valence-electron chi connectivity index (χ3n) is 6.21. The van der Waals surface area contributed by atoms with E-state index >= 15 is 0 Å². The Bertz CT molecular complexity index is 1390. The number of pyridine rings is 1. The molecule has 1 unspecified atom stereocenters. The molecule has 0 saturated carbocycles. The summed E-state index contributed by atoms with van der Waals surface area (Å²) in [5, 5.41) is 20.1. The quantitative estimate of drug-likeness (QED) is 0.442. The fourth-order valence-corrected chi connectivity index (χ4v) is 4.43. The standard InChI is InChI=1S/C26H26N8O/c1-18-15-30-34-24(29-17-20-7-5-10-28-16-20)13-22(32-25(18)34)23-9-2-3-11-33(23)26(35)31-21-8-4-6-19(12-21)14-27/h4-8,10,12-13,15-16,23,29H,2-3,9,11,17H2,1H3,(H,31,35). The van der Waals surface area contributed by atoms with Gasteiger partial charge in [0.1, 0.15) is 5.82 Å². The number of amides is 2. The minimum atomic E-state index is -0.193. The van der Waals surface area contributed by atoms with Crippen molar-refractivity contribution in [3.05, 3.63) is 83.4 Å². The zero-order chi connectivity index (χ0) is 24.2. The van der Waals surface area contributed by atoms with E-state index in [1.807, 2.05) is 36.2 Å². The lowest BCUT2D eigenvalue weighted by Crippen LogP contribution is -2.41. The van der Waals surface area contributed by atoms with Crippen LogP contribution in [0.2, 0.25) is 0 Å². The number of hydrogen-bond donors (Lipinski definition) is 2. The molecular weight excluding hydrogens is 440 g/mol. The Morgan fingerprint density at radius 3 is 2.94 bits per heavy atom. The number of anilines is 2. The largest absolute Gasteiger partial charge is 0.366 e. The van der Waals surface area contributed by atoms with E-state index in [9.17, 15) is 10.1 Å². The molecular formula is C26H26N8O. The fourth-order valence-electron chi connectivity index (χ4n) is 4.43. The van der Waals surface area contributed by atoms with E-state index in [-0.39, 0.29) is 12.1 Å². The summed E-state index contributed by atoms with van der Waals surface area (Å²) in [7, 11) is 0. The van der Waals surface area contributed by atoms with Crippen molar-refractivity contribution in [1.29, 1.82) is 5.26 Å². The lowest BCUT2D eigenvalue weighted by atomic mass is 9.99. The number of benzene rings is 1. The molecule has 1 aliphatic heterocycles. The zero-order valence-corrected chi connectivity index (χ0v) is 19.5. The summed E-state index contributed by atoms with van der Waals surface area (Å²) in [6, 6.07) is 14.6. The van der Waals surface area contributed by atoms with Crippen molar-refractivity contribution in [3.63, 3.8) is 0 Å². The number of nitrogens with zero attached hydrogens (tertiary/aromatic N) is 6. The predicted molar refractivity (Wildman–Crippen MR) is 133 cm³/mol. The van der Waals surface area contributed by atoms with Crippen molar-refractivity contribution in [2.45, 2.75) is 38.8 Å². The van der Waals surface area contributed by atoms with Gasteiger partial charge in [0.15, 0.2) is 5.65 Å². The Hall–Kier alpha value is -4.45. The molecule has 5 rings (SSSR count). The molecule has 1 atom stereocenters. The Balaban J connectivity index is 1.44. The smallest absolute Gasteiger partial charge is 0.322 e. The van der Waals surface area contributed by atoms with Crippen molar-refractivity contribution in [2.75, 3.05) is 17.2 Å². The Morgan fingerprint density at radius 2 is 2.11 bits per heavy atom. The Morgan fingerprint density at radius 1 is 1.20 bits per heavy atom. The highest BCUT2D eigenvalue weighted by Crippen LogP contribution is 2.32. The first-order chi connectivity index (χ1) is 17.1. The lowest BCUT2D eigenvalue weighted by molar-refractivity contribution is 0.161. The molecule has 35 heavy (non-hydrogen) atoms. The van der Waals surface area contributed by atoms with Gasteiger partial charge in [0.05, 0.1) is 29.6 Å². The molecule has 3 aromatic heterocycles. The van der Waals surface area contributed by atoms with Crippen molar-refractivity contribution in [3.8, 4) is 6.07 Å². The number of aryl methyl sites for hydroxylation is 1. The molecule has 4 aromatic rings. The zero-order valence-electron chi connectivity index (χ0n) is 19.5. The molecule has 0 spiro atoms. The number of hydrogen-bond acceptors (Lipinski definition) is 6. The second-order valence-corrected chi connectivity index (χ2v) is 8.67. The van der Waals surface area contributed by atoms with Gasteiger partial charge in [-0.2, -0.15) is 14.9 Å². The van der Waals surface area contributed by atoms with Crippen LogP contribution < -0.4 is 10.6 Å². The maximum absolute atomic E-state index is 13.3. The van der Waals surface area contributed by atoms with Crippen LogP contribution in [0.3, 0.4) is 0 Å². The van der Waals surface area contributed by atoms with E-state index in [1.165, 1.54) is 0 Å². The molecule has 0 aliphatic carbocycles. The molecule has 2 amide bonds. The highest BCUT2D eigenvalue weighted by atomic mass is 16.2. The van der Waals surface area contributed by atoms with Crippen molar-refractivity contribution < 1.29 is 4.79 Å². The molecule has 1 aromatic carbocycles. The Kier molecular flexibility index (Phi) is 6.26. The number of likely N-dealkylation sites (tertiary alicyclic amines) is 1. The first-order valence-electron chi connectivity index (χ1n) is 11.7. The van der Waals surface area contributed by atoms with Gasteiger partial charge in [-0.25, -0.2) is 9.78 Å². The summed E-state index contributed by atoms with van der Waals surface area (Å²) in [6.07, 6.45) is 8.15. The van der Waals surface area contributed by atoms with Crippen LogP contribution in [-0.4, -0.2) is 37.1 Å². The number of nitriles is 1. The summed E-state index contributed by atoms with van der Waals surface area (Å²) in [6.45, 7) is 3.21. The van der Waals surface area contributed by atoms with Crippen LogP contribution in [0.1, 0.15) is 47.7 Å². The number of carbonyl (C=O) groups is 1. The van der Waals surface area contributed by atoms with E-state index in [0.29, 0.717) is 24.3 Å². The number of urea groups is 1. The molecule has 2 N–H and O–H groups in total. The average molecular weight is 467 g/mol. The summed E-state index contributed by atoms with van der Waals surface area (Å²) in [5.41, 5.74) is 4.73. The number of carbonyl (C=O) groups excluding carboxylic acids is 1. The summed E-state index contributed by atoms with van der Waals surface area (Å²) >= 11 is 0. The van der Waals surface area contributed by atoms with Crippen molar-refractivity contribution >= 4 is 23.2 Å². The number of aromatic nitrogens is 4. The fraction of sp³-hybridized carbons (Fsp3) is 0.269. The van der Waals surface area contributed by atoms with E-state index in [0.717, 1.165) is 47.5 Å². The minimum absolute atomic E-state index is 0.166. The van der Waals surface area contributed by atoms with Crippen LogP contribution in [0, 0.1) is 18.3 Å². The van der Waals surface area contributed by atoms with Crippen LogP contribution in [0.25, 0.3) is 5.65 Å². The number of nitrogens with one attached hydrogen (secondary N) is 2. The SMILES string of the molecule is Cc1cnn2c(NCc3cccnc3)cc(C3CCCCN3C(=O)Nc3cccc(C#N)c3)nc12. The first-order valence-corrected chi connectivity index (χ1v) is 11.7. The monoisotopic (exact) mass is 466 g/mol. The molecule has 0 radical (unpaired) electrons. The summed E-state index contributed by atoms with van der Waals surface area (Å²) in [5.74, 6) is 0.814. The molecule has 1 fully saturated rings. The van der Waals surface area contributed by atoms with Crippen LogP contribution in [0.15, 0.2) is 61.1 Å². The molecule has 176 valence electrons. The van der Waals surface area contributed by atoms with E-state index in [4.69, 9.17) is 4.98 Å². The second-order valence-electron chi connectivity index (χ2n) is 8.67. The number of rotatable bonds is 5. The topological polar surface area (TPSA) is 111 Å². The van der Waals surface area contributed by atoms with Gasteiger partial charge in [-0.15, -0.1) is 0 Å². The van der Waals surface area contributed by atoms with Gasteiger partial charge >= 0.3 is 6.03 Å². The van der Waals surface area contributed by atoms with Gasteiger partial charge < -0.3 is 15.5 Å². The highest BCUT2D eigenvalue weighted by Gasteiger charge is 2.30. The second kappa shape index (κ2) is 9.81. The Labute approximate surface area is 203 Å². The maximum Gasteiger partial charge on any atom is 0.322 e. The van der Waals surface area contributed by atoms with Gasteiger partial charge in [-0.1, -0.05) is 12.1 Å². The molecule has 4 heterocycles. The third-order valence-corrected chi connectivity index (χ3v) is 6.21. The maximum atomic E-state index is 13.3. The van der Waals surface area contributed by atoms with E-state index in [1.54, 1.807) is 41.2 Å². The lowest BCUT2D eigenvalue weighted by Gasteiger charge is -2.35. The highest BCUT2D eigenvalue weighted by molar-refractivity contribution is 5.90. The normalized spacial score (nSPS) is 15.5. The van der Waals surface area contributed by atoms with Gasteiger partial charge in [0.2, 0.25) is 0 Å². The molecule has 1 saturated heterocycles. The molecule has 1 aliphatic rings. The van der Waals surface area contributed by atoms with Gasteiger partial charge in [0.25, 0.3) is 0 Å². The minimum Gasteiger partial charge on any atom is -0.366 e. The van der Waals surface area contributed by atoms with Crippen LogP contribution in [0.4, 0.5) is 16.3 Å². The molecule has 0 bridgehead atoms. The summed E-state index contributed by atoms with van der Waals surface area (Å²) < 4.78 is 1.80. The number of piperidine rings is 1. The van der Waals surface area contributed by atoms with Gasteiger partial charge in [-0.3, -0.25) is 4.98 Å². The predicted octanol–water partition coefficient (Wildman–Crippen LogP) is 4.68. The number of fused-ring (bicyclic) bond motifs is 1. The molecule has 9 heteroatoms. The van der Waals surface area contributed by atoms with Crippen LogP contribution in [0.5, 0.6) is 0 Å². The van der Waals surface area contributed by atoms with Crippen LogP contribution >= 0.6 is 0 Å². The first kappa shape index (κ1) is 22.3. The summed E-state index contributed by atoms with van der Waals surface area (Å²) in [4.78, 5) is 24.2. The third kappa shape index (κ3) is 4.77. The molecule has 9 nitrogen and oxygen atoms in total. The van der Waals surface area contributed by atoms with E-state index in [2.05, 4.69) is 26.8 Å². The van der Waals surface area contributed by atoms with Crippen LogP contribution in [-0.2, 0) is 6.54 Å². The van der Waals surface area contributed by atoms with Crippen molar-refractivity contribution in [2.24, 2.45) is 0 Å². The average Bonchev–Trinajstić information content (AvgIpc) is 3.28. The van der Waals surface area contributed by atoms with E-state index < -0.39 is 0 Å². The van der Waals surface area contributed by atoms with Crippen molar-refractivity contribution in [1.82, 2.24) is 24.5 Å². The van der Waals surface area contributed by atoms with Gasteiger partial charge in [-0.05, 0) is 56.0 Å². The van der Waals surface area contributed by atoms with Gasteiger partial charge in [0, 0.05) is 42.8 Å².